The van der Waals surface area contributed by atoms with Crippen LogP contribution in [0.1, 0.15) is 6.42 Å². The molecule has 1 aliphatic heterocycles. The molecule has 0 amide bonds. The summed E-state index contributed by atoms with van der Waals surface area (Å²) in [6.45, 7) is 0.588. The van der Waals surface area contributed by atoms with Gasteiger partial charge in [0.1, 0.15) is 12.2 Å². The first-order valence-electron chi connectivity index (χ1n) is 3.28. The van der Waals surface area contributed by atoms with Gasteiger partial charge in [0.05, 0.1) is 6.61 Å². The number of aliphatic hydroxyl groups is 1. The van der Waals surface area contributed by atoms with Gasteiger partial charge in [-0.1, -0.05) is 0 Å². The normalized spacial score (nSPS) is 34.4. The second-order valence-electron chi connectivity index (χ2n) is 2.31. The van der Waals surface area contributed by atoms with Crippen LogP contribution in [0.5, 0.6) is 0 Å². The number of rotatable bonds is 1. The molecule has 0 saturated carbocycles. The number of nitrogens with two attached hydrogens (primary N) is 1. The Balaban J connectivity index is 2.51. The Morgan fingerprint density at radius 2 is 2.50 bits per heavy atom. The van der Waals surface area contributed by atoms with Crippen molar-refractivity contribution >= 4 is 5.78 Å². The van der Waals surface area contributed by atoms with E-state index in [9.17, 15) is 4.79 Å². The van der Waals surface area contributed by atoms with Gasteiger partial charge in [0.2, 0.25) is 0 Å². The molecule has 0 spiro atoms. The Kier molecular flexibility index (Phi) is 2.37. The Morgan fingerprint density at radius 3 is 3.00 bits per heavy atom. The quantitative estimate of drug-likeness (QED) is 0.479. The maximum Gasteiger partial charge on any atom is 0.166 e. The molecule has 0 bridgehead atoms. The predicted octanol–water partition coefficient (Wildman–Crippen LogP) is -1.34. The molecule has 58 valence electrons. The zero-order valence-electron chi connectivity index (χ0n) is 5.62. The first-order valence-corrected chi connectivity index (χ1v) is 3.28. The molecular formula is C6H11NO3. The van der Waals surface area contributed by atoms with Crippen LogP contribution in [0, 0.1) is 0 Å². The average Bonchev–Trinajstić information content (AvgIpc) is 1.95. The minimum atomic E-state index is -1.00. The lowest BCUT2D eigenvalue weighted by Crippen LogP contribution is -2.45. The maximum atomic E-state index is 10.8. The van der Waals surface area contributed by atoms with Crippen molar-refractivity contribution < 1.29 is 14.6 Å². The molecule has 0 radical (unpaired) electrons. The van der Waals surface area contributed by atoms with Crippen LogP contribution in [0.2, 0.25) is 0 Å². The highest BCUT2D eigenvalue weighted by molar-refractivity contribution is 5.84. The summed E-state index contributed by atoms with van der Waals surface area (Å²) in [4.78, 5) is 10.8. The number of hydrogen-bond acceptors (Lipinski definition) is 4. The van der Waals surface area contributed by atoms with Crippen LogP contribution in [0.15, 0.2) is 0 Å². The summed E-state index contributed by atoms with van der Waals surface area (Å²) in [7, 11) is 0. The van der Waals surface area contributed by atoms with Crippen LogP contribution in [-0.2, 0) is 9.53 Å². The molecule has 0 aromatic heterocycles. The van der Waals surface area contributed by atoms with Gasteiger partial charge in [0.25, 0.3) is 0 Å². The van der Waals surface area contributed by atoms with E-state index in [1.165, 1.54) is 0 Å². The van der Waals surface area contributed by atoms with Crippen LogP contribution < -0.4 is 5.73 Å². The van der Waals surface area contributed by atoms with E-state index in [2.05, 4.69) is 0 Å². The average molecular weight is 145 g/mol. The van der Waals surface area contributed by atoms with Crippen molar-refractivity contribution in [1.82, 2.24) is 0 Å². The molecule has 1 saturated heterocycles. The van der Waals surface area contributed by atoms with Gasteiger partial charge in [0, 0.05) is 13.0 Å². The molecule has 2 unspecified atom stereocenters. The number of carbonyl (C=O) groups excluding carboxylic acids is 1. The SMILES string of the molecule is NCC1OCCC(=O)C1O. The van der Waals surface area contributed by atoms with E-state index in [-0.39, 0.29) is 12.3 Å². The smallest absolute Gasteiger partial charge is 0.166 e. The standard InChI is InChI=1S/C6H11NO3/c7-3-5-6(9)4(8)1-2-10-5/h5-6,9H,1-3,7H2. The minimum absolute atomic E-state index is 0.165. The van der Waals surface area contributed by atoms with Gasteiger partial charge in [-0.3, -0.25) is 4.79 Å². The second kappa shape index (κ2) is 3.09. The molecule has 0 aromatic carbocycles. The second-order valence-corrected chi connectivity index (χ2v) is 2.31. The first-order chi connectivity index (χ1) is 4.75. The monoisotopic (exact) mass is 145 g/mol. The fourth-order valence-electron chi connectivity index (χ4n) is 0.954. The van der Waals surface area contributed by atoms with E-state index in [1.807, 2.05) is 0 Å². The molecule has 4 heteroatoms. The van der Waals surface area contributed by atoms with E-state index in [0.717, 1.165) is 0 Å². The van der Waals surface area contributed by atoms with Crippen molar-refractivity contribution in [2.75, 3.05) is 13.2 Å². The molecule has 0 aromatic rings. The van der Waals surface area contributed by atoms with Crippen molar-refractivity contribution in [2.24, 2.45) is 5.73 Å². The van der Waals surface area contributed by atoms with Crippen molar-refractivity contribution in [3.63, 3.8) is 0 Å². The first kappa shape index (κ1) is 7.65. The van der Waals surface area contributed by atoms with Gasteiger partial charge < -0.3 is 15.6 Å². The molecular weight excluding hydrogens is 134 g/mol. The number of carbonyl (C=O) groups is 1. The van der Waals surface area contributed by atoms with Crippen molar-refractivity contribution in [1.29, 1.82) is 0 Å². The molecule has 1 rings (SSSR count). The Hall–Kier alpha value is -0.450. The number of hydrogen-bond donors (Lipinski definition) is 2. The molecule has 3 N–H and O–H groups in total. The van der Waals surface area contributed by atoms with Gasteiger partial charge in [-0.2, -0.15) is 0 Å². The van der Waals surface area contributed by atoms with E-state index >= 15 is 0 Å². The molecule has 1 heterocycles. The number of aliphatic hydroxyl groups excluding tert-OH is 1. The van der Waals surface area contributed by atoms with Gasteiger partial charge >= 0.3 is 0 Å². The third kappa shape index (κ3) is 1.34. The van der Waals surface area contributed by atoms with Crippen LogP contribution in [0.4, 0.5) is 0 Å². The largest absolute Gasteiger partial charge is 0.383 e. The zero-order chi connectivity index (χ0) is 7.56. The predicted molar refractivity (Wildman–Crippen MR) is 34.4 cm³/mol. The highest BCUT2D eigenvalue weighted by Crippen LogP contribution is 2.08. The highest BCUT2D eigenvalue weighted by atomic mass is 16.5. The van der Waals surface area contributed by atoms with Crippen molar-refractivity contribution in [3.05, 3.63) is 0 Å². The fraction of sp³-hybridized carbons (Fsp3) is 0.833. The van der Waals surface area contributed by atoms with Crippen LogP contribution in [0.3, 0.4) is 0 Å². The Labute approximate surface area is 59.0 Å². The lowest BCUT2D eigenvalue weighted by Gasteiger charge is -2.25. The summed E-state index contributed by atoms with van der Waals surface area (Å²) in [6, 6.07) is 0. The van der Waals surface area contributed by atoms with Gasteiger partial charge in [-0.15, -0.1) is 0 Å². The molecule has 10 heavy (non-hydrogen) atoms. The minimum Gasteiger partial charge on any atom is -0.383 e. The third-order valence-electron chi connectivity index (χ3n) is 1.59. The van der Waals surface area contributed by atoms with E-state index in [1.54, 1.807) is 0 Å². The lowest BCUT2D eigenvalue weighted by molar-refractivity contribution is -0.145. The summed E-state index contributed by atoms with van der Waals surface area (Å²) < 4.78 is 5.01. The third-order valence-corrected chi connectivity index (χ3v) is 1.59. The number of Topliss-reactive ketones (excluding diaryl/α,β-unsaturated/α-hetero) is 1. The number of ketones is 1. The summed E-state index contributed by atoms with van der Waals surface area (Å²) in [5.74, 6) is -0.165. The summed E-state index contributed by atoms with van der Waals surface area (Å²) in [5.41, 5.74) is 5.22. The summed E-state index contributed by atoms with van der Waals surface area (Å²) >= 11 is 0. The van der Waals surface area contributed by atoms with Crippen molar-refractivity contribution in [2.45, 2.75) is 18.6 Å². The molecule has 2 atom stereocenters. The van der Waals surface area contributed by atoms with E-state index in [0.29, 0.717) is 13.0 Å². The van der Waals surface area contributed by atoms with Gasteiger partial charge in [-0.25, -0.2) is 0 Å². The fourth-order valence-corrected chi connectivity index (χ4v) is 0.954. The van der Waals surface area contributed by atoms with Crippen LogP contribution in [-0.4, -0.2) is 36.2 Å². The molecule has 1 fully saturated rings. The van der Waals surface area contributed by atoms with Gasteiger partial charge in [-0.05, 0) is 0 Å². The Bertz CT molecular complexity index is 137. The van der Waals surface area contributed by atoms with Crippen LogP contribution in [0.25, 0.3) is 0 Å². The maximum absolute atomic E-state index is 10.8. The van der Waals surface area contributed by atoms with E-state index < -0.39 is 12.2 Å². The van der Waals surface area contributed by atoms with E-state index in [4.69, 9.17) is 15.6 Å². The molecule has 1 aliphatic rings. The molecule has 4 nitrogen and oxygen atoms in total. The summed E-state index contributed by atoms with van der Waals surface area (Å²) in [5, 5.41) is 9.08. The highest BCUT2D eigenvalue weighted by Gasteiger charge is 2.29. The van der Waals surface area contributed by atoms with Crippen molar-refractivity contribution in [3.8, 4) is 0 Å². The topological polar surface area (TPSA) is 72.5 Å². The van der Waals surface area contributed by atoms with Gasteiger partial charge in [0.15, 0.2) is 5.78 Å². The lowest BCUT2D eigenvalue weighted by atomic mass is 10.0. The Morgan fingerprint density at radius 1 is 1.80 bits per heavy atom. The molecule has 0 aliphatic carbocycles. The number of ether oxygens (including phenoxy) is 1. The van der Waals surface area contributed by atoms with Crippen LogP contribution >= 0.6 is 0 Å². The zero-order valence-corrected chi connectivity index (χ0v) is 5.62. The summed E-state index contributed by atoms with van der Waals surface area (Å²) in [6.07, 6.45) is -1.18.